The van der Waals surface area contributed by atoms with Gasteiger partial charge < -0.3 is 0 Å². The van der Waals surface area contributed by atoms with Crippen molar-refractivity contribution >= 4 is 0 Å². The van der Waals surface area contributed by atoms with Crippen LogP contribution in [0.15, 0.2) is 36.5 Å². The van der Waals surface area contributed by atoms with E-state index in [1.54, 1.807) is 0 Å². The first-order valence-electron chi connectivity index (χ1n) is 7.67. The lowest BCUT2D eigenvalue weighted by molar-refractivity contribution is -0.280. The molecule has 0 fully saturated rings. The molecule has 3 atom stereocenters. The topological polar surface area (TPSA) is 29.5 Å². The first kappa shape index (κ1) is 15.5. The van der Waals surface area contributed by atoms with Crippen molar-refractivity contribution in [2.45, 2.75) is 53.1 Å². The van der Waals surface area contributed by atoms with Crippen molar-refractivity contribution in [1.82, 2.24) is 0 Å². The van der Waals surface area contributed by atoms with Crippen molar-refractivity contribution in [3.8, 4) is 0 Å². The van der Waals surface area contributed by atoms with Gasteiger partial charge in [-0.15, -0.1) is 0 Å². The quantitative estimate of drug-likeness (QED) is 0.447. The average molecular weight is 276 g/mol. The van der Waals surface area contributed by atoms with E-state index in [-0.39, 0.29) is 17.4 Å². The fourth-order valence-electron chi connectivity index (χ4n) is 3.37. The van der Waals surface area contributed by atoms with Crippen molar-refractivity contribution in [1.29, 1.82) is 0 Å². The SMILES string of the molecule is CC1(C)CC=CCC1C=CC1C(OO)C=CCC1(C)C. The standard InChI is InChI=1S/C18H28O2/c1-17(2)12-6-5-8-14(17)10-11-15-16(20-19)9-7-13-18(15,3)4/h5-7,9-11,14-16,19H,8,12-13H2,1-4H3. The van der Waals surface area contributed by atoms with Gasteiger partial charge in [0.05, 0.1) is 0 Å². The number of hydrogen-bond acceptors (Lipinski definition) is 2. The molecule has 112 valence electrons. The predicted octanol–water partition coefficient (Wildman–Crippen LogP) is 5.00. The summed E-state index contributed by atoms with van der Waals surface area (Å²) in [6, 6.07) is 0. The van der Waals surface area contributed by atoms with Crippen molar-refractivity contribution in [3.05, 3.63) is 36.5 Å². The van der Waals surface area contributed by atoms with Gasteiger partial charge in [-0.25, -0.2) is 4.89 Å². The van der Waals surface area contributed by atoms with E-state index in [9.17, 15) is 0 Å². The van der Waals surface area contributed by atoms with Crippen molar-refractivity contribution in [2.75, 3.05) is 0 Å². The minimum absolute atomic E-state index is 0.118. The Kier molecular flexibility index (Phi) is 4.55. The van der Waals surface area contributed by atoms with Gasteiger partial charge in [0, 0.05) is 5.92 Å². The molecule has 0 heterocycles. The van der Waals surface area contributed by atoms with Crippen molar-refractivity contribution in [2.24, 2.45) is 22.7 Å². The second-order valence-electron chi connectivity index (χ2n) is 7.61. The Morgan fingerprint density at radius 2 is 1.70 bits per heavy atom. The third-order valence-corrected chi connectivity index (χ3v) is 5.10. The molecule has 0 radical (unpaired) electrons. The Bertz CT molecular complexity index is 415. The molecule has 2 aliphatic rings. The molecule has 0 bridgehead atoms. The molecule has 3 unspecified atom stereocenters. The molecule has 1 N–H and O–H groups in total. The molecule has 2 rings (SSSR count). The number of rotatable bonds is 3. The maximum Gasteiger partial charge on any atom is 0.118 e. The molecule has 2 nitrogen and oxygen atoms in total. The van der Waals surface area contributed by atoms with E-state index in [2.05, 4.69) is 63.0 Å². The van der Waals surface area contributed by atoms with E-state index in [0.29, 0.717) is 11.3 Å². The highest BCUT2D eigenvalue weighted by Crippen LogP contribution is 2.42. The molecule has 0 aliphatic heterocycles. The van der Waals surface area contributed by atoms with Crippen LogP contribution in [0.1, 0.15) is 47.0 Å². The van der Waals surface area contributed by atoms with Crippen LogP contribution in [-0.4, -0.2) is 11.4 Å². The lowest BCUT2D eigenvalue weighted by atomic mass is 9.68. The van der Waals surface area contributed by atoms with Crippen LogP contribution in [-0.2, 0) is 4.89 Å². The van der Waals surface area contributed by atoms with Gasteiger partial charge in [-0.05, 0) is 36.0 Å². The zero-order valence-electron chi connectivity index (χ0n) is 13.2. The van der Waals surface area contributed by atoms with Crippen LogP contribution >= 0.6 is 0 Å². The summed E-state index contributed by atoms with van der Waals surface area (Å²) in [5.41, 5.74) is 0.433. The lowest BCUT2D eigenvalue weighted by Gasteiger charge is -2.39. The van der Waals surface area contributed by atoms with Gasteiger partial charge in [0.2, 0.25) is 0 Å². The highest BCUT2D eigenvalue weighted by molar-refractivity contribution is 5.14. The van der Waals surface area contributed by atoms with E-state index >= 15 is 0 Å². The largest absolute Gasteiger partial charge is 0.251 e. The van der Waals surface area contributed by atoms with Gasteiger partial charge in [-0.2, -0.15) is 0 Å². The molecule has 0 aromatic carbocycles. The Morgan fingerprint density at radius 3 is 2.35 bits per heavy atom. The van der Waals surface area contributed by atoms with E-state index < -0.39 is 0 Å². The van der Waals surface area contributed by atoms with E-state index in [1.165, 1.54) is 0 Å². The predicted molar refractivity (Wildman–Crippen MR) is 83.3 cm³/mol. The van der Waals surface area contributed by atoms with Crippen LogP contribution in [0.2, 0.25) is 0 Å². The molecule has 0 spiro atoms. The molecule has 0 saturated carbocycles. The maximum absolute atomic E-state index is 9.14. The van der Waals surface area contributed by atoms with Gasteiger partial charge in [-0.1, -0.05) is 64.2 Å². The van der Waals surface area contributed by atoms with E-state index in [4.69, 9.17) is 5.26 Å². The minimum Gasteiger partial charge on any atom is -0.251 e. The first-order chi connectivity index (χ1) is 9.37. The molecule has 0 aromatic heterocycles. The monoisotopic (exact) mass is 276 g/mol. The van der Waals surface area contributed by atoms with E-state index in [0.717, 1.165) is 19.3 Å². The number of allylic oxidation sites excluding steroid dienone is 4. The Morgan fingerprint density at radius 1 is 1.00 bits per heavy atom. The highest BCUT2D eigenvalue weighted by atomic mass is 17.1. The highest BCUT2D eigenvalue weighted by Gasteiger charge is 2.36. The smallest absolute Gasteiger partial charge is 0.118 e. The molecular weight excluding hydrogens is 248 g/mol. The Hall–Kier alpha value is -0.860. The second kappa shape index (κ2) is 5.87. The summed E-state index contributed by atoms with van der Waals surface area (Å²) in [7, 11) is 0. The van der Waals surface area contributed by atoms with Crippen LogP contribution in [0.4, 0.5) is 0 Å². The van der Waals surface area contributed by atoms with E-state index in [1.807, 2.05) is 6.08 Å². The minimum atomic E-state index is -0.225. The maximum atomic E-state index is 9.14. The summed E-state index contributed by atoms with van der Waals surface area (Å²) >= 11 is 0. The molecule has 0 saturated heterocycles. The summed E-state index contributed by atoms with van der Waals surface area (Å²) < 4.78 is 0. The van der Waals surface area contributed by atoms with Crippen LogP contribution in [0.5, 0.6) is 0 Å². The van der Waals surface area contributed by atoms with Crippen LogP contribution in [0.25, 0.3) is 0 Å². The summed E-state index contributed by atoms with van der Waals surface area (Å²) in [6.45, 7) is 9.14. The Balaban J connectivity index is 2.16. The molecule has 2 heteroatoms. The third kappa shape index (κ3) is 3.24. The van der Waals surface area contributed by atoms with Crippen LogP contribution in [0.3, 0.4) is 0 Å². The zero-order chi connectivity index (χ0) is 14.8. The fourth-order valence-corrected chi connectivity index (χ4v) is 3.37. The Labute approximate surface area is 123 Å². The summed E-state index contributed by atoms with van der Waals surface area (Å²) in [6.07, 6.45) is 16.3. The molecule has 20 heavy (non-hydrogen) atoms. The van der Waals surface area contributed by atoms with Gasteiger partial charge in [0.25, 0.3) is 0 Å². The molecule has 0 amide bonds. The van der Waals surface area contributed by atoms with Gasteiger partial charge in [-0.3, -0.25) is 5.26 Å². The van der Waals surface area contributed by atoms with Crippen molar-refractivity contribution < 1.29 is 10.1 Å². The van der Waals surface area contributed by atoms with Crippen LogP contribution < -0.4 is 0 Å². The fraction of sp³-hybridized carbons (Fsp3) is 0.667. The van der Waals surface area contributed by atoms with Gasteiger partial charge in [0.1, 0.15) is 6.10 Å². The summed E-state index contributed by atoms with van der Waals surface area (Å²) in [4.78, 5) is 4.68. The summed E-state index contributed by atoms with van der Waals surface area (Å²) in [5, 5.41) is 9.14. The molecule has 2 aliphatic carbocycles. The van der Waals surface area contributed by atoms with Crippen LogP contribution in [0, 0.1) is 22.7 Å². The average Bonchev–Trinajstić information content (AvgIpc) is 2.37. The summed E-state index contributed by atoms with van der Waals surface area (Å²) in [5.74, 6) is 0.785. The normalized spacial score (nSPS) is 35.5. The second-order valence-corrected chi connectivity index (χ2v) is 7.61. The lowest BCUT2D eigenvalue weighted by Crippen LogP contribution is -2.36. The third-order valence-electron chi connectivity index (χ3n) is 5.10. The van der Waals surface area contributed by atoms with Gasteiger partial charge >= 0.3 is 0 Å². The first-order valence-corrected chi connectivity index (χ1v) is 7.67. The number of hydrogen-bond donors (Lipinski definition) is 1. The zero-order valence-corrected chi connectivity index (χ0v) is 13.2. The molecule has 0 aromatic rings. The molecular formula is C18H28O2. The van der Waals surface area contributed by atoms with Crippen molar-refractivity contribution in [3.63, 3.8) is 0 Å². The van der Waals surface area contributed by atoms with Gasteiger partial charge in [0.15, 0.2) is 0 Å².